The van der Waals surface area contributed by atoms with Crippen molar-refractivity contribution in [3.63, 3.8) is 0 Å². The van der Waals surface area contributed by atoms with Crippen LogP contribution < -0.4 is 0 Å². The third-order valence-corrected chi connectivity index (χ3v) is 2.14. The first-order chi connectivity index (χ1) is 8.73. The van der Waals surface area contributed by atoms with Crippen molar-refractivity contribution in [3.8, 4) is 6.07 Å². The maximum absolute atomic E-state index is 13.3. The minimum atomic E-state index is -2.42. The van der Waals surface area contributed by atoms with Gasteiger partial charge in [0.25, 0.3) is 0 Å². The average molecular weight is 277 g/mol. The smallest absolute Gasteiger partial charge is 0.213 e. The van der Waals surface area contributed by atoms with Gasteiger partial charge in [-0.05, 0) is 6.92 Å². The number of ketones is 1. The van der Waals surface area contributed by atoms with Gasteiger partial charge in [-0.1, -0.05) is 0 Å². The Morgan fingerprint density at radius 2 is 1.37 bits per heavy atom. The normalized spacial score (nSPS) is 11.8. The van der Waals surface area contributed by atoms with Gasteiger partial charge >= 0.3 is 0 Å². The van der Waals surface area contributed by atoms with E-state index in [-0.39, 0.29) is 0 Å². The number of rotatable bonds is 2. The quantitative estimate of drug-likeness (QED) is 0.172. The van der Waals surface area contributed by atoms with Crippen LogP contribution in [-0.4, -0.2) is 10.9 Å². The molecule has 0 fully saturated rings. The monoisotopic (exact) mass is 277 g/mol. The lowest BCUT2D eigenvalue weighted by atomic mass is 10.0. The van der Waals surface area contributed by atoms with Crippen LogP contribution in [0.3, 0.4) is 0 Å². The Labute approximate surface area is 103 Å². The molecule has 0 saturated heterocycles. The summed E-state index contributed by atoms with van der Waals surface area (Å²) in [5.74, 6) is -14.5. The molecule has 1 rings (SSSR count). The van der Waals surface area contributed by atoms with E-state index in [2.05, 4.69) is 0 Å². The van der Waals surface area contributed by atoms with Crippen LogP contribution >= 0.6 is 0 Å². The maximum atomic E-state index is 13.3. The van der Waals surface area contributed by atoms with Gasteiger partial charge in [0, 0.05) is 0 Å². The minimum Gasteiger partial charge on any atom is -0.511 e. The fourth-order valence-corrected chi connectivity index (χ4v) is 1.23. The van der Waals surface area contributed by atoms with Crippen molar-refractivity contribution in [1.82, 2.24) is 0 Å². The number of halogens is 5. The summed E-state index contributed by atoms with van der Waals surface area (Å²) in [5.41, 5.74) is -2.91. The van der Waals surface area contributed by atoms with Crippen molar-refractivity contribution in [2.45, 2.75) is 6.92 Å². The summed E-state index contributed by atoms with van der Waals surface area (Å²) in [4.78, 5) is 11.5. The van der Waals surface area contributed by atoms with Gasteiger partial charge in [0.05, 0.1) is 0 Å². The lowest BCUT2D eigenvalue weighted by Gasteiger charge is -2.06. The van der Waals surface area contributed by atoms with E-state index < -0.39 is 51.8 Å². The molecule has 0 unspecified atom stereocenters. The first kappa shape index (κ1) is 14.6. The summed E-state index contributed by atoms with van der Waals surface area (Å²) in [6.07, 6.45) is 0. The van der Waals surface area contributed by atoms with Crippen LogP contribution in [0, 0.1) is 40.4 Å². The molecule has 0 bridgehead atoms. The Hall–Kier alpha value is -2.43. The van der Waals surface area contributed by atoms with E-state index in [0.29, 0.717) is 0 Å². The summed E-state index contributed by atoms with van der Waals surface area (Å²) in [5, 5.41) is 17.5. The largest absolute Gasteiger partial charge is 0.511 e. The van der Waals surface area contributed by atoms with E-state index in [1.807, 2.05) is 0 Å². The summed E-state index contributed by atoms with van der Waals surface area (Å²) >= 11 is 0. The van der Waals surface area contributed by atoms with Gasteiger partial charge in [-0.3, -0.25) is 4.79 Å². The van der Waals surface area contributed by atoms with Gasteiger partial charge in [0.1, 0.15) is 23.0 Å². The van der Waals surface area contributed by atoms with Crippen molar-refractivity contribution in [2.24, 2.45) is 0 Å². The Bertz CT molecular complexity index is 612. The van der Waals surface area contributed by atoms with Crippen molar-refractivity contribution in [3.05, 3.63) is 46.0 Å². The molecule has 0 amide bonds. The van der Waals surface area contributed by atoms with Gasteiger partial charge in [-0.25, -0.2) is 22.0 Å². The second-order valence-corrected chi connectivity index (χ2v) is 3.35. The maximum Gasteiger partial charge on any atom is 0.213 e. The number of aliphatic hydroxyl groups excluding tert-OH is 1. The summed E-state index contributed by atoms with van der Waals surface area (Å²) in [7, 11) is 0. The Balaban J connectivity index is 3.68. The van der Waals surface area contributed by atoms with E-state index in [0.717, 1.165) is 13.0 Å². The fourth-order valence-electron chi connectivity index (χ4n) is 1.23. The summed E-state index contributed by atoms with van der Waals surface area (Å²) < 4.78 is 65.0. The first-order valence-electron chi connectivity index (χ1n) is 4.60. The topological polar surface area (TPSA) is 61.1 Å². The second-order valence-electron chi connectivity index (χ2n) is 3.35. The van der Waals surface area contributed by atoms with Crippen LogP contribution in [0.15, 0.2) is 11.3 Å². The number of aliphatic hydroxyl groups is 1. The number of allylic oxidation sites excluding steroid dienone is 2. The highest BCUT2D eigenvalue weighted by atomic mass is 19.2. The SMILES string of the molecule is CC(O)=C(C#N)C(=O)c1c(F)c(F)c(F)c(F)c1F. The van der Waals surface area contributed by atoms with E-state index in [9.17, 15) is 26.7 Å². The molecular weight excluding hydrogens is 273 g/mol. The van der Waals surface area contributed by atoms with E-state index >= 15 is 0 Å². The first-order valence-corrected chi connectivity index (χ1v) is 4.60. The number of benzene rings is 1. The molecule has 0 heterocycles. The number of Topliss-reactive ketones (excluding diaryl/α,β-unsaturated/α-hetero) is 1. The molecular formula is C11H4F5NO2. The third kappa shape index (κ3) is 2.27. The van der Waals surface area contributed by atoms with Crippen LogP contribution in [0.2, 0.25) is 0 Å². The van der Waals surface area contributed by atoms with Gasteiger partial charge in [0.15, 0.2) is 23.3 Å². The van der Waals surface area contributed by atoms with E-state index in [1.165, 1.54) is 0 Å². The van der Waals surface area contributed by atoms with E-state index in [4.69, 9.17) is 10.4 Å². The lowest BCUT2D eigenvalue weighted by Crippen LogP contribution is -2.15. The molecule has 0 aliphatic carbocycles. The van der Waals surface area contributed by atoms with Crippen molar-refractivity contribution in [2.75, 3.05) is 0 Å². The molecule has 100 valence electrons. The molecule has 1 aromatic rings. The van der Waals surface area contributed by atoms with Gasteiger partial charge in [0.2, 0.25) is 11.6 Å². The summed E-state index contributed by atoms with van der Waals surface area (Å²) in [6.45, 7) is 0.850. The van der Waals surface area contributed by atoms with Crippen molar-refractivity contribution >= 4 is 5.78 Å². The molecule has 19 heavy (non-hydrogen) atoms. The molecule has 0 spiro atoms. The average Bonchev–Trinajstić information content (AvgIpc) is 2.34. The molecule has 0 aromatic heterocycles. The Morgan fingerprint density at radius 3 is 1.68 bits per heavy atom. The zero-order valence-electron chi connectivity index (χ0n) is 9.19. The molecule has 0 saturated carbocycles. The van der Waals surface area contributed by atoms with Crippen LogP contribution in [0.25, 0.3) is 0 Å². The van der Waals surface area contributed by atoms with E-state index in [1.54, 1.807) is 0 Å². The highest BCUT2D eigenvalue weighted by Gasteiger charge is 2.31. The van der Waals surface area contributed by atoms with Crippen molar-refractivity contribution in [1.29, 1.82) is 5.26 Å². The zero-order valence-corrected chi connectivity index (χ0v) is 9.19. The molecule has 3 nitrogen and oxygen atoms in total. The molecule has 0 aliphatic heterocycles. The number of hydrogen-bond acceptors (Lipinski definition) is 3. The number of nitrogens with zero attached hydrogens (tertiary/aromatic N) is 1. The third-order valence-electron chi connectivity index (χ3n) is 2.14. The van der Waals surface area contributed by atoms with Crippen molar-refractivity contribution < 1.29 is 31.9 Å². The Kier molecular flexibility index (Phi) is 3.89. The molecule has 0 atom stereocenters. The lowest BCUT2D eigenvalue weighted by molar-refractivity contribution is 0.102. The molecule has 1 N–H and O–H groups in total. The highest BCUT2D eigenvalue weighted by Crippen LogP contribution is 2.25. The second kappa shape index (κ2) is 5.06. The predicted molar refractivity (Wildman–Crippen MR) is 51.5 cm³/mol. The number of carbonyl (C=O) groups excluding carboxylic acids is 1. The Morgan fingerprint density at radius 1 is 1.00 bits per heavy atom. The van der Waals surface area contributed by atoms with Crippen LogP contribution in [0.5, 0.6) is 0 Å². The fraction of sp³-hybridized carbons (Fsp3) is 0.0909. The van der Waals surface area contributed by atoms with Gasteiger partial charge in [-0.2, -0.15) is 5.26 Å². The van der Waals surface area contributed by atoms with Gasteiger partial charge < -0.3 is 5.11 Å². The number of hydrogen-bond donors (Lipinski definition) is 1. The number of nitriles is 1. The molecule has 1 aromatic carbocycles. The van der Waals surface area contributed by atoms with Crippen LogP contribution in [0.4, 0.5) is 22.0 Å². The van der Waals surface area contributed by atoms with Crippen LogP contribution in [-0.2, 0) is 0 Å². The van der Waals surface area contributed by atoms with Gasteiger partial charge in [-0.15, -0.1) is 0 Å². The van der Waals surface area contributed by atoms with Crippen LogP contribution in [0.1, 0.15) is 17.3 Å². The standard InChI is InChI=1S/C11H4F5NO2/c1-3(18)4(2-17)11(19)5-6(12)8(14)10(16)9(15)7(5)13/h18H,1H3. The number of carbonyl (C=O) groups is 1. The summed E-state index contributed by atoms with van der Waals surface area (Å²) in [6, 6.07) is 1.12. The predicted octanol–water partition coefficient (Wildman–Crippen LogP) is 2.92. The molecule has 0 radical (unpaired) electrons. The zero-order chi connectivity index (χ0) is 14.9. The highest BCUT2D eigenvalue weighted by molar-refractivity contribution is 6.11. The molecule has 8 heteroatoms. The molecule has 0 aliphatic rings. The minimum absolute atomic E-state index is 0.850.